The van der Waals surface area contributed by atoms with Crippen LogP contribution in [0.25, 0.3) is 0 Å². The number of carbonyl (C=O) groups excluding carboxylic acids is 1. The quantitative estimate of drug-likeness (QED) is 0.772. The van der Waals surface area contributed by atoms with Crippen LogP contribution >= 0.6 is 24.8 Å². The van der Waals surface area contributed by atoms with Crippen LogP contribution in [0.1, 0.15) is 24.2 Å². The van der Waals surface area contributed by atoms with Crippen molar-refractivity contribution >= 4 is 36.5 Å². The molecule has 2 heterocycles. The Morgan fingerprint density at radius 3 is 2.70 bits per heavy atom. The molecular formula is C13H22Cl2N4O. The highest BCUT2D eigenvalue weighted by atomic mass is 35.5. The molecule has 7 heteroatoms. The van der Waals surface area contributed by atoms with Crippen molar-refractivity contribution in [2.45, 2.75) is 19.9 Å². The molecule has 3 N–H and O–H groups in total. The number of carbonyl (C=O) groups is 1. The molecule has 0 atom stereocenters. The van der Waals surface area contributed by atoms with Gasteiger partial charge in [0.1, 0.15) is 5.82 Å². The first-order valence-electron chi connectivity index (χ1n) is 6.37. The van der Waals surface area contributed by atoms with Gasteiger partial charge in [0, 0.05) is 37.8 Å². The second-order valence-electron chi connectivity index (χ2n) is 4.93. The van der Waals surface area contributed by atoms with Gasteiger partial charge in [-0.05, 0) is 26.0 Å². The van der Waals surface area contributed by atoms with Gasteiger partial charge in [0.2, 0.25) is 0 Å². The summed E-state index contributed by atoms with van der Waals surface area (Å²) in [5.41, 5.74) is 0.610. The minimum absolute atomic E-state index is 0. The molecule has 1 fully saturated rings. The summed E-state index contributed by atoms with van der Waals surface area (Å²) in [6, 6.07) is 3.83. The number of aromatic nitrogens is 1. The third-order valence-corrected chi connectivity index (χ3v) is 2.90. The Labute approximate surface area is 132 Å². The highest BCUT2D eigenvalue weighted by Crippen LogP contribution is 2.12. The summed E-state index contributed by atoms with van der Waals surface area (Å²) in [5, 5.41) is 9.33. The minimum Gasteiger partial charge on any atom is -0.367 e. The van der Waals surface area contributed by atoms with E-state index < -0.39 is 0 Å². The Morgan fingerprint density at radius 2 is 2.15 bits per heavy atom. The molecule has 0 spiro atoms. The fraction of sp³-hybridized carbons (Fsp3) is 0.538. The molecule has 1 saturated heterocycles. The number of anilines is 1. The van der Waals surface area contributed by atoms with Crippen molar-refractivity contribution in [1.29, 1.82) is 0 Å². The lowest BCUT2D eigenvalue weighted by Gasteiger charge is -2.27. The molecule has 20 heavy (non-hydrogen) atoms. The van der Waals surface area contributed by atoms with Crippen molar-refractivity contribution in [1.82, 2.24) is 15.6 Å². The Bertz CT molecular complexity index is 425. The molecular weight excluding hydrogens is 299 g/mol. The van der Waals surface area contributed by atoms with Gasteiger partial charge in [0.25, 0.3) is 5.91 Å². The second-order valence-corrected chi connectivity index (χ2v) is 4.93. The van der Waals surface area contributed by atoms with E-state index in [1.807, 2.05) is 13.8 Å². The molecule has 1 aliphatic rings. The van der Waals surface area contributed by atoms with Crippen LogP contribution in [0, 0.1) is 5.92 Å². The molecule has 1 aromatic rings. The van der Waals surface area contributed by atoms with E-state index in [4.69, 9.17) is 0 Å². The zero-order chi connectivity index (χ0) is 13.0. The van der Waals surface area contributed by atoms with Crippen LogP contribution < -0.4 is 16.0 Å². The fourth-order valence-corrected chi connectivity index (χ4v) is 1.80. The van der Waals surface area contributed by atoms with Gasteiger partial charge < -0.3 is 16.0 Å². The maximum Gasteiger partial charge on any atom is 0.255 e. The molecule has 2 rings (SSSR count). The number of amides is 1. The van der Waals surface area contributed by atoms with Gasteiger partial charge in [-0.15, -0.1) is 24.8 Å². The van der Waals surface area contributed by atoms with Crippen LogP contribution in [0.4, 0.5) is 5.82 Å². The normalized spacial score (nSPS) is 13.8. The van der Waals surface area contributed by atoms with Gasteiger partial charge in [-0.25, -0.2) is 4.98 Å². The predicted molar refractivity (Wildman–Crippen MR) is 86.2 cm³/mol. The smallest absolute Gasteiger partial charge is 0.255 e. The predicted octanol–water partition coefficient (Wildman–Crippen LogP) is 1.69. The molecule has 0 bridgehead atoms. The first-order valence-corrected chi connectivity index (χ1v) is 6.37. The lowest BCUT2D eigenvalue weighted by atomic mass is 10.0. The van der Waals surface area contributed by atoms with E-state index in [0.717, 1.165) is 19.6 Å². The summed E-state index contributed by atoms with van der Waals surface area (Å²) in [7, 11) is 0. The molecule has 0 aromatic carbocycles. The van der Waals surface area contributed by atoms with Crippen LogP contribution in [0.5, 0.6) is 0 Å². The molecule has 0 saturated carbocycles. The van der Waals surface area contributed by atoms with Crippen LogP contribution in [0.3, 0.4) is 0 Å². The van der Waals surface area contributed by atoms with Gasteiger partial charge in [-0.1, -0.05) is 0 Å². The first kappa shape index (κ1) is 19.0. The van der Waals surface area contributed by atoms with E-state index >= 15 is 0 Å². The maximum absolute atomic E-state index is 12.1. The summed E-state index contributed by atoms with van der Waals surface area (Å²) >= 11 is 0. The third kappa shape index (κ3) is 5.15. The van der Waals surface area contributed by atoms with E-state index in [-0.39, 0.29) is 36.8 Å². The molecule has 0 unspecified atom stereocenters. The van der Waals surface area contributed by atoms with Gasteiger partial charge in [-0.2, -0.15) is 0 Å². The molecule has 1 aliphatic heterocycles. The molecule has 1 aromatic heterocycles. The average molecular weight is 321 g/mol. The number of nitrogens with one attached hydrogen (secondary N) is 3. The standard InChI is InChI=1S/C13H20N4O.2ClH/c1-9(2)17-12-11(4-3-5-15-12)13(18)16-8-10-6-14-7-10;;/h3-5,9-10,14H,6-8H2,1-2H3,(H,15,17)(H,16,18);2*1H. The molecule has 5 nitrogen and oxygen atoms in total. The van der Waals surface area contributed by atoms with Gasteiger partial charge in [0.15, 0.2) is 0 Å². The third-order valence-electron chi connectivity index (χ3n) is 2.90. The van der Waals surface area contributed by atoms with Crippen LogP contribution in [-0.2, 0) is 0 Å². The number of rotatable bonds is 5. The van der Waals surface area contributed by atoms with Crippen LogP contribution in [0.2, 0.25) is 0 Å². The SMILES string of the molecule is CC(C)Nc1ncccc1C(=O)NCC1CNC1.Cl.Cl. The molecule has 0 radical (unpaired) electrons. The van der Waals surface area contributed by atoms with Crippen molar-refractivity contribution in [3.8, 4) is 0 Å². The largest absolute Gasteiger partial charge is 0.367 e. The molecule has 114 valence electrons. The zero-order valence-electron chi connectivity index (χ0n) is 11.7. The zero-order valence-corrected chi connectivity index (χ0v) is 13.3. The Balaban J connectivity index is 0.00000180. The van der Waals surface area contributed by atoms with Gasteiger partial charge in [-0.3, -0.25) is 4.79 Å². The van der Waals surface area contributed by atoms with E-state index in [0.29, 0.717) is 17.3 Å². The summed E-state index contributed by atoms with van der Waals surface area (Å²) < 4.78 is 0. The van der Waals surface area contributed by atoms with E-state index in [2.05, 4.69) is 20.9 Å². The van der Waals surface area contributed by atoms with Gasteiger partial charge >= 0.3 is 0 Å². The molecule has 1 amide bonds. The number of hydrogen-bond acceptors (Lipinski definition) is 4. The molecule has 0 aliphatic carbocycles. The van der Waals surface area contributed by atoms with Crippen molar-refractivity contribution in [2.24, 2.45) is 5.92 Å². The van der Waals surface area contributed by atoms with Gasteiger partial charge in [0.05, 0.1) is 5.56 Å². The summed E-state index contributed by atoms with van der Waals surface area (Å²) in [4.78, 5) is 16.3. The monoisotopic (exact) mass is 320 g/mol. The van der Waals surface area contributed by atoms with Crippen molar-refractivity contribution < 1.29 is 4.79 Å². The van der Waals surface area contributed by atoms with E-state index in [1.165, 1.54) is 0 Å². The number of nitrogens with zero attached hydrogens (tertiary/aromatic N) is 1. The van der Waals surface area contributed by atoms with Crippen molar-refractivity contribution in [3.63, 3.8) is 0 Å². The Kier molecular flexibility index (Phi) is 8.53. The minimum atomic E-state index is -0.0573. The lowest BCUT2D eigenvalue weighted by Crippen LogP contribution is -2.48. The van der Waals surface area contributed by atoms with E-state index in [1.54, 1.807) is 18.3 Å². The van der Waals surface area contributed by atoms with E-state index in [9.17, 15) is 4.79 Å². The number of halogens is 2. The van der Waals surface area contributed by atoms with Crippen molar-refractivity contribution in [2.75, 3.05) is 25.0 Å². The number of pyridine rings is 1. The fourth-order valence-electron chi connectivity index (χ4n) is 1.80. The summed E-state index contributed by atoms with van der Waals surface area (Å²) in [6.45, 7) is 6.75. The highest BCUT2D eigenvalue weighted by Gasteiger charge is 2.19. The average Bonchev–Trinajstić information content (AvgIpc) is 2.26. The Hall–Kier alpha value is -1.04. The first-order chi connectivity index (χ1) is 8.66. The number of hydrogen-bond donors (Lipinski definition) is 3. The second kappa shape index (κ2) is 9.00. The topological polar surface area (TPSA) is 66.0 Å². The van der Waals surface area contributed by atoms with Crippen LogP contribution in [-0.4, -0.2) is 36.6 Å². The van der Waals surface area contributed by atoms with Crippen molar-refractivity contribution in [3.05, 3.63) is 23.9 Å². The summed E-state index contributed by atoms with van der Waals surface area (Å²) in [5.74, 6) is 1.15. The summed E-state index contributed by atoms with van der Waals surface area (Å²) in [6.07, 6.45) is 1.69. The van der Waals surface area contributed by atoms with Crippen LogP contribution in [0.15, 0.2) is 18.3 Å². The maximum atomic E-state index is 12.1. The highest BCUT2D eigenvalue weighted by molar-refractivity contribution is 5.98. The lowest BCUT2D eigenvalue weighted by molar-refractivity contribution is 0.0942. The Morgan fingerprint density at radius 1 is 1.45 bits per heavy atom.